The number of ether oxygens (including phenoxy) is 1. The van der Waals surface area contributed by atoms with Crippen molar-refractivity contribution in [2.24, 2.45) is 7.05 Å². The summed E-state index contributed by atoms with van der Waals surface area (Å²) in [5.41, 5.74) is 5.71. The van der Waals surface area contributed by atoms with Crippen LogP contribution in [0.1, 0.15) is 18.9 Å². The van der Waals surface area contributed by atoms with Gasteiger partial charge in [0.2, 0.25) is 5.91 Å². The minimum atomic E-state index is -0.738. The zero-order chi connectivity index (χ0) is 17.5. The molecule has 2 N–H and O–H groups in total. The number of amides is 2. The Bertz CT molecular complexity index is 717. The third kappa shape index (κ3) is 5.69. The van der Waals surface area contributed by atoms with Crippen LogP contribution in [0.5, 0.6) is 5.75 Å². The summed E-state index contributed by atoms with van der Waals surface area (Å²) in [5, 5.41) is 4.03. The number of benzene rings is 1. The molecule has 0 fully saturated rings. The fourth-order valence-corrected chi connectivity index (χ4v) is 2.33. The first-order valence-electron chi connectivity index (χ1n) is 7.42. The Labute approximate surface area is 148 Å². The topological polar surface area (TPSA) is 85.2 Å². The molecule has 0 aliphatic heterocycles. The summed E-state index contributed by atoms with van der Waals surface area (Å²) in [5.74, 6) is -0.138. The highest BCUT2D eigenvalue weighted by molar-refractivity contribution is 9.10. The Kier molecular flexibility index (Phi) is 6.36. The largest absolute Gasteiger partial charge is 0.481 e. The summed E-state index contributed by atoms with van der Waals surface area (Å²) in [6.45, 7) is 1.61. The lowest BCUT2D eigenvalue weighted by Crippen LogP contribution is -2.47. The molecule has 0 radical (unpaired) electrons. The van der Waals surface area contributed by atoms with E-state index in [4.69, 9.17) is 4.74 Å². The number of carbonyl (C=O) groups excluding carboxylic acids is 2. The number of hydrogen-bond acceptors (Lipinski definition) is 4. The van der Waals surface area contributed by atoms with Gasteiger partial charge in [0, 0.05) is 24.1 Å². The second kappa shape index (κ2) is 8.49. The van der Waals surface area contributed by atoms with Crippen molar-refractivity contribution in [3.8, 4) is 5.75 Å². The molecule has 0 aliphatic carbocycles. The first-order chi connectivity index (χ1) is 11.4. The third-order valence-electron chi connectivity index (χ3n) is 3.20. The van der Waals surface area contributed by atoms with Crippen LogP contribution in [-0.2, 0) is 23.1 Å². The number of aromatic nitrogens is 2. The van der Waals surface area contributed by atoms with Gasteiger partial charge in [-0.1, -0.05) is 22.0 Å². The third-order valence-corrected chi connectivity index (χ3v) is 3.70. The normalized spacial score (nSPS) is 11.6. The minimum Gasteiger partial charge on any atom is -0.481 e. The summed E-state index contributed by atoms with van der Waals surface area (Å²) in [6, 6.07) is 7.18. The predicted molar refractivity (Wildman–Crippen MR) is 92.0 cm³/mol. The smallest absolute Gasteiger partial charge is 0.279 e. The van der Waals surface area contributed by atoms with E-state index in [0.29, 0.717) is 12.2 Å². The molecule has 1 heterocycles. The average molecular weight is 395 g/mol. The quantitative estimate of drug-likeness (QED) is 0.730. The summed E-state index contributed by atoms with van der Waals surface area (Å²) in [6.07, 6.45) is 3.63. The Morgan fingerprint density at radius 2 is 2.17 bits per heavy atom. The van der Waals surface area contributed by atoms with Crippen LogP contribution in [0, 0.1) is 0 Å². The second-order valence-corrected chi connectivity index (χ2v) is 6.19. The molecule has 7 nitrogen and oxygen atoms in total. The summed E-state index contributed by atoms with van der Waals surface area (Å²) in [4.78, 5) is 23.7. The van der Waals surface area contributed by atoms with Crippen LogP contribution in [0.3, 0.4) is 0 Å². The van der Waals surface area contributed by atoms with Gasteiger partial charge in [-0.3, -0.25) is 25.1 Å². The molecule has 128 valence electrons. The minimum absolute atomic E-state index is 0.257. The van der Waals surface area contributed by atoms with Crippen LogP contribution >= 0.6 is 15.9 Å². The lowest BCUT2D eigenvalue weighted by Gasteiger charge is -2.15. The molecule has 0 saturated heterocycles. The molecular weight excluding hydrogens is 376 g/mol. The number of rotatable bonds is 6. The Morgan fingerprint density at radius 3 is 2.83 bits per heavy atom. The maximum Gasteiger partial charge on any atom is 0.279 e. The molecule has 1 atom stereocenters. The van der Waals surface area contributed by atoms with E-state index in [1.165, 1.54) is 0 Å². The van der Waals surface area contributed by atoms with E-state index in [0.717, 1.165) is 10.0 Å². The van der Waals surface area contributed by atoms with Gasteiger partial charge in [-0.25, -0.2) is 0 Å². The van der Waals surface area contributed by atoms with Gasteiger partial charge in [0.25, 0.3) is 5.91 Å². The van der Waals surface area contributed by atoms with E-state index < -0.39 is 12.0 Å². The Morgan fingerprint density at radius 1 is 1.38 bits per heavy atom. The predicted octanol–water partition coefficient (Wildman–Crippen LogP) is 1.73. The molecule has 2 rings (SSSR count). The number of halogens is 1. The highest BCUT2D eigenvalue weighted by atomic mass is 79.9. The number of hydrogen-bond donors (Lipinski definition) is 2. The molecule has 8 heteroatoms. The van der Waals surface area contributed by atoms with Gasteiger partial charge in [0.1, 0.15) is 5.75 Å². The summed E-state index contributed by atoms with van der Waals surface area (Å²) >= 11 is 3.33. The van der Waals surface area contributed by atoms with Crippen LogP contribution in [0.25, 0.3) is 0 Å². The first kappa shape index (κ1) is 18.0. The van der Waals surface area contributed by atoms with E-state index in [-0.39, 0.29) is 12.3 Å². The number of carbonyl (C=O) groups is 2. The van der Waals surface area contributed by atoms with Gasteiger partial charge in [0.15, 0.2) is 6.10 Å². The van der Waals surface area contributed by atoms with Crippen LogP contribution in [0.4, 0.5) is 0 Å². The van der Waals surface area contributed by atoms with E-state index >= 15 is 0 Å². The van der Waals surface area contributed by atoms with Crippen molar-refractivity contribution < 1.29 is 14.3 Å². The fourth-order valence-electron chi connectivity index (χ4n) is 1.95. The van der Waals surface area contributed by atoms with Crippen molar-refractivity contribution in [2.45, 2.75) is 25.9 Å². The number of hydrazine groups is 1. The zero-order valence-electron chi connectivity index (χ0n) is 13.5. The molecule has 2 aromatic rings. The van der Waals surface area contributed by atoms with Crippen molar-refractivity contribution in [1.82, 2.24) is 20.6 Å². The van der Waals surface area contributed by atoms with Crippen LogP contribution in [0.15, 0.2) is 41.1 Å². The van der Waals surface area contributed by atoms with E-state index in [1.54, 1.807) is 29.9 Å². The molecular formula is C16H19BrN4O3. The molecule has 0 aliphatic rings. The first-order valence-corrected chi connectivity index (χ1v) is 8.22. The highest BCUT2D eigenvalue weighted by Gasteiger charge is 2.15. The van der Waals surface area contributed by atoms with E-state index in [2.05, 4.69) is 31.9 Å². The van der Waals surface area contributed by atoms with Crippen molar-refractivity contribution in [3.05, 3.63) is 46.7 Å². The Balaban J connectivity index is 1.72. The van der Waals surface area contributed by atoms with Crippen molar-refractivity contribution in [1.29, 1.82) is 0 Å². The number of nitrogens with zero attached hydrogens (tertiary/aromatic N) is 2. The van der Waals surface area contributed by atoms with Crippen LogP contribution in [-0.4, -0.2) is 27.7 Å². The molecule has 0 bridgehead atoms. The average Bonchev–Trinajstić information content (AvgIpc) is 2.96. The molecule has 1 aromatic heterocycles. The lowest BCUT2D eigenvalue weighted by atomic mass is 10.2. The highest BCUT2D eigenvalue weighted by Crippen LogP contribution is 2.18. The molecule has 1 unspecified atom stereocenters. The van der Waals surface area contributed by atoms with Crippen molar-refractivity contribution in [2.75, 3.05) is 0 Å². The molecule has 1 aromatic carbocycles. The monoisotopic (exact) mass is 394 g/mol. The van der Waals surface area contributed by atoms with Gasteiger partial charge in [-0.2, -0.15) is 5.10 Å². The second-order valence-electron chi connectivity index (χ2n) is 5.28. The molecule has 24 heavy (non-hydrogen) atoms. The summed E-state index contributed by atoms with van der Waals surface area (Å²) < 4.78 is 8.05. The van der Waals surface area contributed by atoms with E-state index in [9.17, 15) is 9.59 Å². The molecule has 2 amide bonds. The number of aryl methyl sites for hydroxylation is 2. The zero-order valence-corrected chi connectivity index (χ0v) is 15.0. The maximum atomic E-state index is 11.9. The van der Waals surface area contributed by atoms with Crippen LogP contribution in [0.2, 0.25) is 0 Å². The molecule has 0 saturated carbocycles. The maximum absolute atomic E-state index is 11.9. The van der Waals surface area contributed by atoms with Crippen LogP contribution < -0.4 is 15.6 Å². The standard InChI is InChI=1S/C16H19BrN4O3/c1-11(24-14-5-3-4-13(17)8-14)16(23)20-19-15(22)7-6-12-9-18-21(2)10-12/h3-5,8-11H,6-7H2,1-2H3,(H,19,22)(H,20,23). The van der Waals surface area contributed by atoms with Gasteiger partial charge in [0.05, 0.1) is 6.20 Å². The fraction of sp³-hybridized carbons (Fsp3) is 0.312. The van der Waals surface area contributed by atoms with Gasteiger partial charge >= 0.3 is 0 Å². The van der Waals surface area contributed by atoms with Gasteiger partial charge in [-0.05, 0) is 37.1 Å². The summed E-state index contributed by atoms with van der Waals surface area (Å²) in [7, 11) is 1.82. The van der Waals surface area contributed by atoms with Gasteiger partial charge in [-0.15, -0.1) is 0 Å². The SMILES string of the molecule is CC(Oc1cccc(Br)c1)C(=O)NNC(=O)CCc1cnn(C)c1. The van der Waals surface area contributed by atoms with E-state index in [1.807, 2.05) is 25.4 Å². The van der Waals surface area contributed by atoms with Crippen molar-refractivity contribution >= 4 is 27.7 Å². The van der Waals surface area contributed by atoms with Crippen molar-refractivity contribution in [3.63, 3.8) is 0 Å². The Hall–Kier alpha value is -2.35. The van der Waals surface area contributed by atoms with Gasteiger partial charge < -0.3 is 4.74 Å². The number of nitrogens with one attached hydrogen (secondary N) is 2. The lowest BCUT2D eigenvalue weighted by molar-refractivity contribution is -0.132. The molecule has 0 spiro atoms.